The van der Waals surface area contributed by atoms with Crippen molar-refractivity contribution in [3.63, 3.8) is 0 Å². The van der Waals surface area contributed by atoms with Crippen LogP contribution in [0.1, 0.15) is 18.4 Å². The summed E-state index contributed by atoms with van der Waals surface area (Å²) in [6.45, 7) is 2.69. The minimum Gasteiger partial charge on any atom is -0.464 e. The van der Waals surface area contributed by atoms with Crippen LogP contribution in [0, 0.1) is 0 Å². The molecular weight excluding hydrogens is 434 g/mol. The summed E-state index contributed by atoms with van der Waals surface area (Å²) in [5.41, 5.74) is 3.89. The second-order valence-electron chi connectivity index (χ2n) is 8.51. The molecule has 33 heavy (non-hydrogen) atoms. The van der Waals surface area contributed by atoms with Crippen LogP contribution < -0.4 is 4.72 Å². The predicted octanol–water partition coefficient (Wildman–Crippen LogP) is 4.48. The molecule has 170 valence electrons. The number of sulfonamides is 1. The number of fused-ring (bicyclic) bond motifs is 1. The zero-order valence-electron chi connectivity index (χ0n) is 18.4. The fourth-order valence-corrected chi connectivity index (χ4v) is 5.79. The number of hydrogen-bond acceptors (Lipinski definition) is 5. The predicted molar refractivity (Wildman–Crippen MR) is 129 cm³/mol. The van der Waals surface area contributed by atoms with Gasteiger partial charge in [-0.05, 0) is 67.7 Å². The van der Waals surface area contributed by atoms with Gasteiger partial charge in [0.05, 0.1) is 11.2 Å². The number of benzene rings is 2. The van der Waals surface area contributed by atoms with E-state index in [1.807, 2.05) is 42.7 Å². The largest absolute Gasteiger partial charge is 0.464 e. The first kappa shape index (κ1) is 21.8. The zero-order chi connectivity index (χ0) is 22.7. The minimum absolute atomic E-state index is 0.0527. The number of likely N-dealkylation sites (tertiary alicyclic amines) is 1. The van der Waals surface area contributed by atoms with E-state index in [9.17, 15) is 8.42 Å². The Bertz CT molecular complexity index is 1330. The highest BCUT2D eigenvalue weighted by Gasteiger charge is 2.25. The number of rotatable bonds is 7. The van der Waals surface area contributed by atoms with Crippen molar-refractivity contribution in [1.82, 2.24) is 14.6 Å². The van der Waals surface area contributed by atoms with Crippen molar-refractivity contribution in [2.24, 2.45) is 0 Å². The average molecular weight is 462 g/mol. The molecule has 0 amide bonds. The van der Waals surface area contributed by atoms with E-state index in [0.717, 1.165) is 55.6 Å². The highest BCUT2D eigenvalue weighted by atomic mass is 32.2. The van der Waals surface area contributed by atoms with Gasteiger partial charge in [0.25, 0.3) is 0 Å². The van der Waals surface area contributed by atoms with Crippen molar-refractivity contribution in [1.29, 1.82) is 0 Å². The Morgan fingerprint density at radius 2 is 1.82 bits per heavy atom. The molecule has 0 unspecified atom stereocenters. The van der Waals surface area contributed by atoms with Gasteiger partial charge in [0.1, 0.15) is 5.58 Å². The molecule has 0 bridgehead atoms. The summed E-state index contributed by atoms with van der Waals surface area (Å²) in [5, 5.41) is 1.17. The lowest BCUT2D eigenvalue weighted by atomic mass is 10.0. The second-order valence-corrected chi connectivity index (χ2v) is 10.2. The Kier molecular flexibility index (Phi) is 6.26. The van der Waals surface area contributed by atoms with Gasteiger partial charge >= 0.3 is 0 Å². The Balaban J connectivity index is 1.17. The zero-order valence-corrected chi connectivity index (χ0v) is 19.2. The summed E-state index contributed by atoms with van der Waals surface area (Å²) < 4.78 is 34.6. The molecule has 2 aromatic carbocycles. The Hall–Kier alpha value is -3.00. The molecule has 0 aliphatic carbocycles. The molecule has 0 spiro atoms. The fraction of sp³-hybridized carbons (Fsp3) is 0.269. The molecule has 1 aliphatic rings. The van der Waals surface area contributed by atoms with Gasteiger partial charge in [0.15, 0.2) is 0 Å². The average Bonchev–Trinajstić information content (AvgIpc) is 3.27. The van der Waals surface area contributed by atoms with Gasteiger partial charge in [-0.25, -0.2) is 13.1 Å². The molecule has 4 aromatic rings. The monoisotopic (exact) mass is 461 g/mol. The van der Waals surface area contributed by atoms with Gasteiger partial charge < -0.3 is 9.32 Å². The molecule has 1 N–H and O–H groups in total. The van der Waals surface area contributed by atoms with Crippen LogP contribution in [-0.4, -0.2) is 44.0 Å². The number of aromatic nitrogens is 1. The first-order valence-electron chi connectivity index (χ1n) is 11.3. The number of para-hydroxylation sites is 1. The van der Waals surface area contributed by atoms with Crippen LogP contribution in [0.4, 0.5) is 0 Å². The molecule has 3 heterocycles. The van der Waals surface area contributed by atoms with E-state index in [4.69, 9.17) is 4.42 Å². The molecule has 0 atom stereocenters. The Morgan fingerprint density at radius 1 is 1.00 bits per heavy atom. The van der Waals surface area contributed by atoms with E-state index < -0.39 is 10.0 Å². The van der Waals surface area contributed by atoms with Gasteiger partial charge in [-0.3, -0.25) is 4.98 Å². The number of nitrogens with one attached hydrogen (secondary N) is 1. The first-order valence-corrected chi connectivity index (χ1v) is 12.8. The molecule has 1 saturated heterocycles. The highest BCUT2D eigenvalue weighted by molar-refractivity contribution is 7.89. The fourth-order valence-electron chi connectivity index (χ4n) is 4.44. The lowest BCUT2D eigenvalue weighted by Gasteiger charge is -2.32. The Morgan fingerprint density at radius 3 is 2.64 bits per heavy atom. The molecule has 1 aliphatic heterocycles. The molecule has 2 aromatic heterocycles. The molecule has 5 rings (SSSR count). The number of pyridine rings is 1. The van der Waals surface area contributed by atoms with Crippen molar-refractivity contribution >= 4 is 21.0 Å². The number of piperidine rings is 1. The van der Waals surface area contributed by atoms with E-state index >= 15 is 0 Å². The number of nitrogens with zero attached hydrogens (tertiary/aromatic N) is 2. The summed E-state index contributed by atoms with van der Waals surface area (Å²) in [6, 6.07) is 18.9. The van der Waals surface area contributed by atoms with Crippen molar-refractivity contribution < 1.29 is 12.8 Å². The maximum absolute atomic E-state index is 13.0. The summed E-state index contributed by atoms with van der Waals surface area (Å²) in [6.07, 6.45) is 7.82. The van der Waals surface area contributed by atoms with E-state index in [-0.39, 0.29) is 10.9 Å². The smallest absolute Gasteiger partial charge is 0.240 e. The SMILES string of the molecule is O=S(=O)(NC1CCN(CCc2coc3ccccc23)CC1)c1cccc(-c2cccnc2)c1. The van der Waals surface area contributed by atoms with Gasteiger partial charge in [0, 0.05) is 35.9 Å². The summed E-state index contributed by atoms with van der Waals surface area (Å²) in [7, 11) is -3.58. The normalized spacial score (nSPS) is 15.8. The van der Waals surface area contributed by atoms with Crippen LogP contribution in [0.2, 0.25) is 0 Å². The third kappa shape index (κ3) is 5.00. The maximum atomic E-state index is 13.0. The third-order valence-electron chi connectivity index (χ3n) is 6.31. The molecule has 0 saturated carbocycles. The lowest BCUT2D eigenvalue weighted by molar-refractivity contribution is 0.209. The number of hydrogen-bond donors (Lipinski definition) is 1. The standard InChI is InChI=1S/C26H27N3O3S/c30-33(31,24-7-3-5-20(17-24)21-6-4-13-27-18-21)28-23-11-15-29(16-12-23)14-10-22-19-32-26-9-2-1-8-25(22)26/h1-9,13,17-19,23,28H,10-12,14-16H2. The van der Waals surface area contributed by atoms with Gasteiger partial charge in [-0.2, -0.15) is 0 Å². The summed E-state index contributed by atoms with van der Waals surface area (Å²) in [5.74, 6) is 0. The molecular formula is C26H27N3O3S. The lowest BCUT2D eigenvalue weighted by Crippen LogP contribution is -2.45. The topological polar surface area (TPSA) is 75.4 Å². The van der Waals surface area contributed by atoms with Crippen molar-refractivity contribution in [3.05, 3.63) is 84.9 Å². The quantitative estimate of drug-likeness (QED) is 0.439. The van der Waals surface area contributed by atoms with Crippen LogP contribution in [0.5, 0.6) is 0 Å². The van der Waals surface area contributed by atoms with Gasteiger partial charge in [-0.15, -0.1) is 0 Å². The molecule has 6 nitrogen and oxygen atoms in total. The van der Waals surface area contributed by atoms with E-state index in [0.29, 0.717) is 0 Å². The van der Waals surface area contributed by atoms with Gasteiger partial charge in [0.2, 0.25) is 10.0 Å². The summed E-state index contributed by atoms with van der Waals surface area (Å²) in [4.78, 5) is 6.81. The van der Waals surface area contributed by atoms with Crippen LogP contribution in [0.3, 0.4) is 0 Å². The first-order chi connectivity index (χ1) is 16.1. The van der Waals surface area contributed by atoms with E-state index in [2.05, 4.69) is 20.7 Å². The molecule has 1 fully saturated rings. The van der Waals surface area contributed by atoms with Crippen molar-refractivity contribution in [2.45, 2.75) is 30.2 Å². The third-order valence-corrected chi connectivity index (χ3v) is 7.83. The Labute approximate surface area is 194 Å². The maximum Gasteiger partial charge on any atom is 0.240 e. The van der Waals surface area contributed by atoms with Gasteiger partial charge in [-0.1, -0.05) is 36.4 Å². The van der Waals surface area contributed by atoms with Crippen molar-refractivity contribution in [2.75, 3.05) is 19.6 Å². The number of furan rings is 1. The summed E-state index contributed by atoms with van der Waals surface area (Å²) >= 11 is 0. The molecule has 0 radical (unpaired) electrons. The minimum atomic E-state index is -3.58. The highest BCUT2D eigenvalue weighted by Crippen LogP contribution is 2.24. The van der Waals surface area contributed by atoms with Crippen LogP contribution >= 0.6 is 0 Å². The van der Waals surface area contributed by atoms with E-state index in [1.54, 1.807) is 30.6 Å². The second kappa shape index (κ2) is 9.47. The molecule has 7 heteroatoms. The van der Waals surface area contributed by atoms with Crippen LogP contribution in [0.25, 0.3) is 22.1 Å². The van der Waals surface area contributed by atoms with Crippen molar-refractivity contribution in [3.8, 4) is 11.1 Å². The van der Waals surface area contributed by atoms with Crippen LogP contribution in [-0.2, 0) is 16.4 Å². The van der Waals surface area contributed by atoms with Crippen LogP contribution in [0.15, 0.2) is 88.6 Å². The van der Waals surface area contributed by atoms with E-state index in [1.165, 1.54) is 10.9 Å².